The maximum absolute atomic E-state index is 13.1. The average molecular weight is 407 g/mol. The summed E-state index contributed by atoms with van der Waals surface area (Å²) in [7, 11) is 0. The number of fused-ring (bicyclic) bond motifs is 1. The summed E-state index contributed by atoms with van der Waals surface area (Å²) >= 11 is 1.74. The van der Waals surface area contributed by atoms with Crippen LogP contribution in [0.4, 0.5) is 4.39 Å². The molecule has 0 saturated carbocycles. The summed E-state index contributed by atoms with van der Waals surface area (Å²) < 4.78 is 13.1. The number of piperidine rings is 1. The predicted molar refractivity (Wildman–Crippen MR) is 102 cm³/mol. The summed E-state index contributed by atoms with van der Waals surface area (Å²) in [6.45, 7) is 0.449. The molecule has 0 aromatic heterocycles. The Morgan fingerprint density at radius 1 is 1.32 bits per heavy atom. The number of carbonyl (C=O) groups is 3. The van der Waals surface area contributed by atoms with Crippen LogP contribution in [-0.2, 0) is 20.8 Å². The Morgan fingerprint density at radius 2 is 2.11 bits per heavy atom. The number of amides is 3. The molecular weight excluding hydrogens is 383 g/mol. The molecule has 0 radical (unpaired) electrons. The lowest BCUT2D eigenvalue weighted by atomic mass is 9.91. The van der Waals surface area contributed by atoms with Gasteiger partial charge in [0.15, 0.2) is 6.04 Å². The van der Waals surface area contributed by atoms with E-state index in [9.17, 15) is 18.8 Å². The highest BCUT2D eigenvalue weighted by atomic mass is 32.2. The Bertz CT molecular complexity index is 769. The second kappa shape index (κ2) is 8.08. The van der Waals surface area contributed by atoms with Crippen LogP contribution in [0.15, 0.2) is 24.3 Å². The van der Waals surface area contributed by atoms with Crippen molar-refractivity contribution < 1.29 is 24.1 Å². The van der Waals surface area contributed by atoms with Gasteiger partial charge in [0.1, 0.15) is 23.8 Å². The van der Waals surface area contributed by atoms with Gasteiger partial charge in [-0.05, 0) is 30.5 Å². The van der Waals surface area contributed by atoms with Gasteiger partial charge in [-0.15, -0.1) is 0 Å². The minimum atomic E-state index is -0.634. The molecule has 4 rings (SSSR count). The van der Waals surface area contributed by atoms with Crippen molar-refractivity contribution in [2.45, 2.75) is 43.4 Å². The first-order valence-corrected chi connectivity index (χ1v) is 10.7. The van der Waals surface area contributed by atoms with Crippen molar-refractivity contribution in [1.29, 1.82) is 0 Å². The minimum absolute atomic E-state index is 0.0141. The van der Waals surface area contributed by atoms with Crippen molar-refractivity contribution in [2.24, 2.45) is 0 Å². The quantitative estimate of drug-likeness (QED) is 0.595. The van der Waals surface area contributed by atoms with Crippen molar-refractivity contribution in [3.63, 3.8) is 0 Å². The van der Waals surface area contributed by atoms with Crippen LogP contribution < -0.4 is 16.0 Å². The van der Waals surface area contributed by atoms with Crippen molar-refractivity contribution in [1.82, 2.24) is 15.5 Å². The SMILES string of the molecule is O=C(N[C@H]1CCN2C(=O)[C@H](Cc3ccc(F)cc3)NC(=O)[C@@H]2C1)[C@@H]1CSC[NH2+]1. The average Bonchev–Trinajstić information content (AvgIpc) is 3.23. The van der Waals surface area contributed by atoms with Gasteiger partial charge in [-0.1, -0.05) is 23.9 Å². The molecule has 3 amide bonds. The topological polar surface area (TPSA) is 95.1 Å². The van der Waals surface area contributed by atoms with Gasteiger partial charge in [0.25, 0.3) is 5.91 Å². The van der Waals surface area contributed by atoms with Crippen LogP contribution in [0, 0.1) is 5.82 Å². The monoisotopic (exact) mass is 407 g/mol. The Hall–Kier alpha value is -2.13. The lowest BCUT2D eigenvalue weighted by Gasteiger charge is -2.44. The molecule has 1 aromatic carbocycles. The van der Waals surface area contributed by atoms with E-state index in [2.05, 4.69) is 10.6 Å². The number of benzene rings is 1. The first-order chi connectivity index (χ1) is 13.5. The summed E-state index contributed by atoms with van der Waals surface area (Å²) in [6.07, 6.45) is 1.42. The number of hydrogen-bond donors (Lipinski definition) is 3. The smallest absolute Gasteiger partial charge is 0.279 e. The van der Waals surface area contributed by atoms with E-state index in [4.69, 9.17) is 0 Å². The standard InChI is InChI=1S/C19H23FN4O3S/c20-12-3-1-11(2-4-12)7-14-19(27)24-6-5-13(8-16(24)18(26)23-14)22-17(25)15-9-28-10-21-15/h1-4,13-16,21H,5-10H2,(H,22,25)(H,23,26)/p+1/t13-,14-,15-,16-/m0/s1. The molecule has 0 spiro atoms. The van der Waals surface area contributed by atoms with Crippen LogP contribution in [0.5, 0.6) is 0 Å². The lowest BCUT2D eigenvalue weighted by Crippen LogP contribution is -2.90. The van der Waals surface area contributed by atoms with Crippen LogP contribution in [0.3, 0.4) is 0 Å². The van der Waals surface area contributed by atoms with E-state index in [-0.39, 0.29) is 35.6 Å². The van der Waals surface area contributed by atoms with Gasteiger partial charge in [-0.3, -0.25) is 14.4 Å². The number of piperazine rings is 1. The highest BCUT2D eigenvalue weighted by Gasteiger charge is 2.44. The lowest BCUT2D eigenvalue weighted by molar-refractivity contribution is -0.648. The molecule has 3 fully saturated rings. The highest BCUT2D eigenvalue weighted by molar-refractivity contribution is 7.99. The Labute approximate surface area is 166 Å². The molecule has 150 valence electrons. The zero-order valence-corrected chi connectivity index (χ0v) is 16.2. The van der Waals surface area contributed by atoms with Gasteiger partial charge in [0.2, 0.25) is 11.8 Å². The molecule has 3 aliphatic heterocycles. The second-order valence-electron chi connectivity index (χ2n) is 7.55. The second-order valence-corrected chi connectivity index (χ2v) is 8.62. The number of nitrogens with two attached hydrogens (primary N) is 1. The van der Waals surface area contributed by atoms with Gasteiger partial charge in [-0.25, -0.2) is 4.39 Å². The maximum atomic E-state index is 13.1. The van der Waals surface area contributed by atoms with Crippen LogP contribution >= 0.6 is 11.8 Å². The molecule has 4 atom stereocenters. The maximum Gasteiger partial charge on any atom is 0.279 e. The van der Waals surface area contributed by atoms with Gasteiger partial charge >= 0.3 is 0 Å². The number of halogens is 1. The van der Waals surface area contributed by atoms with E-state index in [0.29, 0.717) is 25.8 Å². The van der Waals surface area contributed by atoms with Crippen LogP contribution in [0.1, 0.15) is 18.4 Å². The van der Waals surface area contributed by atoms with Crippen molar-refractivity contribution in [2.75, 3.05) is 18.2 Å². The van der Waals surface area contributed by atoms with E-state index < -0.39 is 12.1 Å². The van der Waals surface area contributed by atoms with E-state index in [1.165, 1.54) is 12.1 Å². The molecule has 0 unspecified atom stereocenters. The van der Waals surface area contributed by atoms with Crippen molar-refractivity contribution in [3.05, 3.63) is 35.6 Å². The van der Waals surface area contributed by atoms with Gasteiger partial charge in [-0.2, -0.15) is 0 Å². The van der Waals surface area contributed by atoms with Gasteiger partial charge in [0.05, 0.1) is 5.75 Å². The number of hydrogen-bond acceptors (Lipinski definition) is 4. The molecule has 9 heteroatoms. The van der Waals surface area contributed by atoms with E-state index in [1.807, 2.05) is 5.32 Å². The Balaban J connectivity index is 1.37. The predicted octanol–water partition coefficient (Wildman–Crippen LogP) is -1.02. The minimum Gasteiger partial charge on any atom is -0.348 e. The summed E-state index contributed by atoms with van der Waals surface area (Å²) in [4.78, 5) is 39.5. The number of carbonyl (C=O) groups excluding carboxylic acids is 3. The molecule has 0 bridgehead atoms. The van der Waals surface area contributed by atoms with Crippen LogP contribution in [-0.4, -0.2) is 65.0 Å². The molecule has 7 nitrogen and oxygen atoms in total. The molecule has 0 aliphatic carbocycles. The molecule has 3 aliphatic rings. The summed E-state index contributed by atoms with van der Waals surface area (Å²) in [6, 6.07) is 4.61. The molecule has 3 heterocycles. The number of thioether (sulfide) groups is 1. The normalized spacial score (nSPS) is 30.0. The van der Waals surface area contributed by atoms with E-state index in [0.717, 1.165) is 17.2 Å². The molecule has 28 heavy (non-hydrogen) atoms. The molecule has 3 saturated heterocycles. The Morgan fingerprint density at radius 3 is 2.82 bits per heavy atom. The third kappa shape index (κ3) is 4.00. The highest BCUT2D eigenvalue weighted by Crippen LogP contribution is 2.23. The van der Waals surface area contributed by atoms with Gasteiger partial charge < -0.3 is 20.9 Å². The molecule has 4 N–H and O–H groups in total. The summed E-state index contributed by atoms with van der Waals surface area (Å²) in [5, 5.41) is 7.88. The largest absolute Gasteiger partial charge is 0.348 e. The fourth-order valence-electron chi connectivity index (χ4n) is 4.07. The van der Waals surface area contributed by atoms with E-state index >= 15 is 0 Å². The number of nitrogens with one attached hydrogen (secondary N) is 2. The van der Waals surface area contributed by atoms with E-state index in [1.54, 1.807) is 28.8 Å². The molecular formula is C19H24FN4O3S+. The zero-order valence-electron chi connectivity index (χ0n) is 15.4. The summed E-state index contributed by atoms with van der Waals surface area (Å²) in [5.41, 5.74) is 0.798. The number of quaternary nitrogens is 1. The Kier molecular flexibility index (Phi) is 5.54. The third-order valence-corrected chi connectivity index (χ3v) is 6.66. The first-order valence-electron chi connectivity index (χ1n) is 9.58. The van der Waals surface area contributed by atoms with Crippen molar-refractivity contribution >= 4 is 29.5 Å². The number of nitrogens with zero attached hydrogens (tertiary/aromatic N) is 1. The number of rotatable bonds is 4. The fourth-order valence-corrected chi connectivity index (χ4v) is 5.12. The van der Waals surface area contributed by atoms with Crippen molar-refractivity contribution in [3.8, 4) is 0 Å². The molecule has 1 aromatic rings. The fraction of sp³-hybridized carbons (Fsp3) is 0.526. The third-order valence-electron chi connectivity index (χ3n) is 5.64. The van der Waals surface area contributed by atoms with Gasteiger partial charge in [0, 0.05) is 19.0 Å². The first kappa shape index (κ1) is 19.2. The summed E-state index contributed by atoms with van der Waals surface area (Å²) in [5.74, 6) is 1.08. The van der Waals surface area contributed by atoms with Crippen LogP contribution in [0.2, 0.25) is 0 Å². The zero-order chi connectivity index (χ0) is 19.7. The van der Waals surface area contributed by atoms with Crippen LogP contribution in [0.25, 0.3) is 0 Å².